The van der Waals surface area contributed by atoms with E-state index >= 15 is 0 Å². The molecule has 8 heteroatoms. The molecule has 0 aliphatic rings. The average Bonchev–Trinajstić information content (AvgIpc) is 3.02. The Balaban J connectivity index is 1.82. The van der Waals surface area contributed by atoms with E-state index in [1.807, 2.05) is 94.4 Å². The van der Waals surface area contributed by atoms with Gasteiger partial charge in [0, 0.05) is 19.5 Å². The van der Waals surface area contributed by atoms with Crippen LogP contribution in [0.15, 0.2) is 108 Å². The maximum absolute atomic E-state index is 14.5. The molecule has 4 rings (SSSR count). The van der Waals surface area contributed by atoms with E-state index in [1.165, 1.54) is 21.3 Å². The molecular formula is C36H41N3O4S. The van der Waals surface area contributed by atoms with Crippen LogP contribution in [-0.2, 0) is 32.6 Å². The SMILES string of the molecule is CCCNC(=O)C(Cc1ccccc1)N(Cc1cccc(C)c1)C(=O)CN(c1cc(C)ccc1C)S(=O)(=O)c1ccccc1. The molecule has 4 aromatic rings. The first-order valence-corrected chi connectivity index (χ1v) is 16.4. The predicted molar refractivity (Wildman–Crippen MR) is 176 cm³/mol. The van der Waals surface area contributed by atoms with E-state index in [-0.39, 0.29) is 23.8 Å². The van der Waals surface area contributed by atoms with Crippen LogP contribution >= 0.6 is 0 Å². The summed E-state index contributed by atoms with van der Waals surface area (Å²) in [6.07, 6.45) is 1.02. The second-order valence-electron chi connectivity index (χ2n) is 11.1. The molecule has 0 saturated heterocycles. The summed E-state index contributed by atoms with van der Waals surface area (Å²) in [5.41, 5.74) is 4.78. The number of sulfonamides is 1. The van der Waals surface area contributed by atoms with Crippen LogP contribution < -0.4 is 9.62 Å². The highest BCUT2D eigenvalue weighted by Gasteiger charge is 2.35. The second kappa shape index (κ2) is 14.8. The Bertz CT molecular complexity index is 1670. The van der Waals surface area contributed by atoms with Crippen molar-refractivity contribution in [3.63, 3.8) is 0 Å². The summed E-state index contributed by atoms with van der Waals surface area (Å²) in [4.78, 5) is 29.9. The number of aryl methyl sites for hydroxylation is 3. The van der Waals surface area contributed by atoms with E-state index in [2.05, 4.69) is 5.32 Å². The fourth-order valence-electron chi connectivity index (χ4n) is 5.15. The third-order valence-corrected chi connectivity index (χ3v) is 9.27. The first kappa shape index (κ1) is 32.5. The summed E-state index contributed by atoms with van der Waals surface area (Å²) in [5.74, 6) is -0.750. The number of hydrogen-bond acceptors (Lipinski definition) is 4. The summed E-state index contributed by atoms with van der Waals surface area (Å²) in [6.45, 7) is 7.79. The Labute approximate surface area is 261 Å². The predicted octanol–water partition coefficient (Wildman–Crippen LogP) is 5.97. The molecular weight excluding hydrogens is 570 g/mol. The van der Waals surface area contributed by atoms with Crippen LogP contribution in [0.4, 0.5) is 5.69 Å². The average molecular weight is 612 g/mol. The first-order valence-electron chi connectivity index (χ1n) is 14.9. The minimum Gasteiger partial charge on any atom is -0.354 e. The number of benzene rings is 4. The zero-order chi connectivity index (χ0) is 31.7. The van der Waals surface area contributed by atoms with Gasteiger partial charge >= 0.3 is 0 Å². The lowest BCUT2D eigenvalue weighted by atomic mass is 10.0. The highest BCUT2D eigenvalue weighted by atomic mass is 32.2. The van der Waals surface area contributed by atoms with Crippen molar-refractivity contribution in [2.45, 2.75) is 58.0 Å². The summed E-state index contributed by atoms with van der Waals surface area (Å²) < 4.78 is 29.5. The highest BCUT2D eigenvalue weighted by Crippen LogP contribution is 2.29. The Morgan fingerprint density at radius 2 is 1.41 bits per heavy atom. The fraction of sp³-hybridized carbons (Fsp3) is 0.278. The van der Waals surface area contributed by atoms with E-state index in [4.69, 9.17) is 0 Å². The second-order valence-corrected chi connectivity index (χ2v) is 13.0. The fourth-order valence-corrected chi connectivity index (χ4v) is 6.64. The van der Waals surface area contributed by atoms with Crippen LogP contribution in [-0.4, -0.2) is 44.3 Å². The van der Waals surface area contributed by atoms with Crippen LogP contribution in [0.3, 0.4) is 0 Å². The van der Waals surface area contributed by atoms with Crippen molar-refractivity contribution in [3.8, 4) is 0 Å². The Morgan fingerprint density at radius 1 is 0.773 bits per heavy atom. The lowest BCUT2D eigenvalue weighted by Gasteiger charge is -2.34. The molecule has 0 heterocycles. The van der Waals surface area contributed by atoms with Crippen LogP contribution in [0.1, 0.15) is 41.2 Å². The van der Waals surface area contributed by atoms with Crippen molar-refractivity contribution >= 4 is 27.5 Å². The van der Waals surface area contributed by atoms with Crippen molar-refractivity contribution in [3.05, 3.63) is 131 Å². The minimum absolute atomic E-state index is 0.0838. The number of hydrogen-bond donors (Lipinski definition) is 1. The van der Waals surface area contributed by atoms with Gasteiger partial charge < -0.3 is 10.2 Å². The summed E-state index contributed by atoms with van der Waals surface area (Å²) in [7, 11) is -4.14. The number of anilines is 1. The van der Waals surface area contributed by atoms with E-state index in [1.54, 1.807) is 24.3 Å². The van der Waals surface area contributed by atoms with Crippen LogP contribution in [0.25, 0.3) is 0 Å². The van der Waals surface area contributed by atoms with Gasteiger partial charge in [-0.1, -0.05) is 97.4 Å². The Kier molecular flexibility index (Phi) is 11.0. The lowest BCUT2D eigenvalue weighted by Crippen LogP contribution is -2.53. The molecule has 0 bridgehead atoms. The molecule has 0 fully saturated rings. The van der Waals surface area contributed by atoms with E-state index < -0.39 is 28.5 Å². The molecule has 44 heavy (non-hydrogen) atoms. The molecule has 0 aliphatic heterocycles. The molecule has 0 radical (unpaired) electrons. The topological polar surface area (TPSA) is 86.8 Å². The van der Waals surface area contributed by atoms with Crippen molar-refractivity contribution in [2.75, 3.05) is 17.4 Å². The molecule has 1 N–H and O–H groups in total. The number of carbonyl (C=O) groups is 2. The van der Waals surface area contributed by atoms with Gasteiger partial charge in [0.25, 0.3) is 10.0 Å². The number of rotatable bonds is 13. The highest BCUT2D eigenvalue weighted by molar-refractivity contribution is 7.92. The Hall–Kier alpha value is -4.43. The van der Waals surface area contributed by atoms with Crippen molar-refractivity contribution < 1.29 is 18.0 Å². The van der Waals surface area contributed by atoms with Crippen LogP contribution in [0.2, 0.25) is 0 Å². The maximum Gasteiger partial charge on any atom is 0.264 e. The zero-order valence-corrected chi connectivity index (χ0v) is 26.7. The summed E-state index contributed by atoms with van der Waals surface area (Å²) in [6, 6.07) is 30.1. The Morgan fingerprint density at radius 3 is 2.07 bits per heavy atom. The molecule has 4 aromatic carbocycles. The van der Waals surface area contributed by atoms with Gasteiger partial charge in [-0.3, -0.25) is 13.9 Å². The third kappa shape index (κ3) is 8.14. The molecule has 0 aromatic heterocycles. The van der Waals surface area contributed by atoms with Gasteiger partial charge in [0.1, 0.15) is 12.6 Å². The molecule has 0 spiro atoms. The molecule has 0 saturated carbocycles. The maximum atomic E-state index is 14.5. The van der Waals surface area contributed by atoms with Crippen molar-refractivity contribution in [1.29, 1.82) is 0 Å². The standard InChI is InChI=1S/C36H41N3O4S/c1-5-21-37-36(41)34(24-30-14-8-6-9-15-30)38(25-31-16-12-13-27(2)22-31)35(40)26-39(33-23-28(3)19-20-29(33)4)44(42,43)32-17-10-7-11-18-32/h6-20,22-23,34H,5,21,24-26H2,1-4H3,(H,37,41). The number of nitrogens with one attached hydrogen (secondary N) is 1. The van der Waals surface area contributed by atoms with Gasteiger partial charge in [-0.15, -0.1) is 0 Å². The van der Waals surface area contributed by atoms with Crippen molar-refractivity contribution in [1.82, 2.24) is 10.2 Å². The van der Waals surface area contributed by atoms with Gasteiger partial charge in [-0.25, -0.2) is 8.42 Å². The van der Waals surface area contributed by atoms with Gasteiger partial charge in [-0.2, -0.15) is 0 Å². The van der Waals surface area contributed by atoms with E-state index in [9.17, 15) is 18.0 Å². The normalized spacial score (nSPS) is 11.9. The summed E-state index contributed by atoms with van der Waals surface area (Å²) in [5, 5.41) is 2.98. The molecule has 230 valence electrons. The molecule has 1 atom stereocenters. The summed E-state index contributed by atoms with van der Waals surface area (Å²) >= 11 is 0. The van der Waals surface area contributed by atoms with Gasteiger partial charge in [-0.05, 0) is 67.6 Å². The largest absolute Gasteiger partial charge is 0.354 e. The van der Waals surface area contributed by atoms with Crippen LogP contribution in [0, 0.1) is 20.8 Å². The third-order valence-electron chi connectivity index (χ3n) is 7.50. The molecule has 2 amide bonds. The van der Waals surface area contributed by atoms with Gasteiger partial charge in [0.15, 0.2) is 0 Å². The molecule has 0 aliphatic carbocycles. The number of amides is 2. The first-order chi connectivity index (χ1) is 21.1. The van der Waals surface area contributed by atoms with Crippen LogP contribution in [0.5, 0.6) is 0 Å². The lowest BCUT2D eigenvalue weighted by molar-refractivity contribution is -0.140. The molecule has 1 unspecified atom stereocenters. The van der Waals surface area contributed by atoms with E-state index in [0.29, 0.717) is 12.2 Å². The van der Waals surface area contributed by atoms with Crippen molar-refractivity contribution in [2.24, 2.45) is 0 Å². The molecule has 7 nitrogen and oxygen atoms in total. The van der Waals surface area contributed by atoms with Gasteiger partial charge in [0.05, 0.1) is 10.6 Å². The number of nitrogens with zero attached hydrogens (tertiary/aromatic N) is 2. The monoisotopic (exact) mass is 611 g/mol. The smallest absolute Gasteiger partial charge is 0.264 e. The minimum atomic E-state index is -4.14. The quantitative estimate of drug-likeness (QED) is 0.202. The number of carbonyl (C=O) groups excluding carboxylic acids is 2. The van der Waals surface area contributed by atoms with E-state index in [0.717, 1.165) is 34.2 Å². The zero-order valence-electron chi connectivity index (χ0n) is 25.9. The van der Waals surface area contributed by atoms with Gasteiger partial charge in [0.2, 0.25) is 11.8 Å².